The van der Waals surface area contributed by atoms with Gasteiger partial charge in [0.2, 0.25) is 0 Å². The Labute approximate surface area is 103 Å². The van der Waals surface area contributed by atoms with Gasteiger partial charge >= 0.3 is 0 Å². The van der Waals surface area contributed by atoms with Crippen LogP contribution in [-0.4, -0.2) is 5.11 Å². The van der Waals surface area contributed by atoms with Gasteiger partial charge in [-0.15, -0.1) is 0 Å². The van der Waals surface area contributed by atoms with Gasteiger partial charge in [0.15, 0.2) is 0 Å². The normalized spacial score (nSPS) is 33.7. The summed E-state index contributed by atoms with van der Waals surface area (Å²) < 4.78 is 13.5. The van der Waals surface area contributed by atoms with Crippen LogP contribution in [0.4, 0.5) is 4.39 Å². The van der Waals surface area contributed by atoms with Crippen molar-refractivity contribution < 1.29 is 9.50 Å². The summed E-state index contributed by atoms with van der Waals surface area (Å²) >= 11 is 0. The van der Waals surface area contributed by atoms with Gasteiger partial charge in [-0.2, -0.15) is 0 Å². The molecule has 1 aliphatic carbocycles. The summed E-state index contributed by atoms with van der Waals surface area (Å²) in [6, 6.07) is 4.91. The maximum Gasteiger partial charge on any atom is 0.123 e. The SMILES string of the molecule is Cc1cc(F)cc(C2(O)CCCC(C)C2C)c1. The Kier molecular flexibility index (Phi) is 3.26. The molecule has 1 N–H and O–H groups in total. The van der Waals surface area contributed by atoms with E-state index in [-0.39, 0.29) is 11.7 Å². The van der Waals surface area contributed by atoms with Crippen molar-refractivity contribution in [1.29, 1.82) is 0 Å². The highest BCUT2D eigenvalue weighted by Gasteiger charge is 2.41. The fourth-order valence-corrected chi connectivity index (χ4v) is 3.04. The molecule has 1 saturated carbocycles. The maximum absolute atomic E-state index is 13.5. The Bertz CT molecular complexity index is 395. The van der Waals surface area contributed by atoms with Crippen molar-refractivity contribution in [1.82, 2.24) is 0 Å². The van der Waals surface area contributed by atoms with Crippen molar-refractivity contribution >= 4 is 0 Å². The second kappa shape index (κ2) is 4.41. The lowest BCUT2D eigenvalue weighted by Crippen LogP contribution is -2.40. The minimum atomic E-state index is -0.857. The van der Waals surface area contributed by atoms with Crippen LogP contribution >= 0.6 is 0 Å². The highest BCUT2D eigenvalue weighted by molar-refractivity contribution is 5.29. The van der Waals surface area contributed by atoms with E-state index in [0.29, 0.717) is 5.92 Å². The molecule has 0 saturated heterocycles. The Balaban J connectivity index is 2.42. The predicted molar refractivity (Wildman–Crippen MR) is 67.2 cm³/mol. The largest absolute Gasteiger partial charge is 0.385 e. The number of benzene rings is 1. The van der Waals surface area contributed by atoms with E-state index in [2.05, 4.69) is 13.8 Å². The first-order valence-electron chi connectivity index (χ1n) is 6.43. The summed E-state index contributed by atoms with van der Waals surface area (Å²) in [4.78, 5) is 0. The van der Waals surface area contributed by atoms with Gasteiger partial charge in [0.05, 0.1) is 5.60 Å². The second-order valence-electron chi connectivity index (χ2n) is 5.60. The van der Waals surface area contributed by atoms with E-state index in [4.69, 9.17) is 0 Å². The second-order valence-corrected chi connectivity index (χ2v) is 5.60. The van der Waals surface area contributed by atoms with Crippen molar-refractivity contribution in [2.45, 2.75) is 45.6 Å². The number of hydrogen-bond donors (Lipinski definition) is 1. The fourth-order valence-electron chi connectivity index (χ4n) is 3.04. The third-order valence-electron chi connectivity index (χ3n) is 4.37. The van der Waals surface area contributed by atoms with Gasteiger partial charge in [-0.3, -0.25) is 0 Å². The quantitative estimate of drug-likeness (QED) is 0.786. The number of hydrogen-bond acceptors (Lipinski definition) is 1. The van der Waals surface area contributed by atoms with Gasteiger partial charge in [0.25, 0.3) is 0 Å². The predicted octanol–water partition coefficient (Wildman–Crippen LogP) is 3.78. The Morgan fingerprint density at radius 2 is 2.00 bits per heavy atom. The Morgan fingerprint density at radius 3 is 2.65 bits per heavy atom. The highest BCUT2D eigenvalue weighted by Crippen LogP contribution is 2.44. The van der Waals surface area contributed by atoms with Crippen LogP contribution in [0, 0.1) is 24.6 Å². The monoisotopic (exact) mass is 236 g/mol. The van der Waals surface area contributed by atoms with Gasteiger partial charge in [0, 0.05) is 0 Å². The molecule has 3 atom stereocenters. The number of aryl methyl sites for hydroxylation is 1. The van der Waals surface area contributed by atoms with Gasteiger partial charge in [-0.25, -0.2) is 4.39 Å². The summed E-state index contributed by atoms with van der Waals surface area (Å²) in [5, 5.41) is 10.9. The Hall–Kier alpha value is -0.890. The first-order valence-corrected chi connectivity index (χ1v) is 6.43. The van der Waals surface area contributed by atoms with Crippen LogP contribution < -0.4 is 0 Å². The molecule has 0 aromatic heterocycles. The van der Waals surface area contributed by atoms with Crippen molar-refractivity contribution in [3.63, 3.8) is 0 Å². The van der Waals surface area contributed by atoms with E-state index in [1.807, 2.05) is 13.0 Å². The first-order chi connectivity index (χ1) is 7.93. The van der Waals surface area contributed by atoms with Crippen LogP contribution in [0.1, 0.15) is 44.2 Å². The molecular weight excluding hydrogens is 215 g/mol. The lowest BCUT2D eigenvalue weighted by Gasteiger charge is -2.42. The lowest BCUT2D eigenvalue weighted by molar-refractivity contribution is -0.0690. The Morgan fingerprint density at radius 1 is 1.29 bits per heavy atom. The van der Waals surface area contributed by atoms with Gasteiger partial charge in [0.1, 0.15) is 5.82 Å². The van der Waals surface area contributed by atoms with Crippen molar-refractivity contribution in [3.05, 3.63) is 35.1 Å². The van der Waals surface area contributed by atoms with Crippen LogP contribution in [0.25, 0.3) is 0 Å². The molecule has 2 heteroatoms. The molecule has 1 aliphatic rings. The molecule has 1 aromatic rings. The first kappa shape index (κ1) is 12.6. The molecule has 0 spiro atoms. The van der Waals surface area contributed by atoms with Crippen LogP contribution in [0.3, 0.4) is 0 Å². The molecule has 0 heterocycles. The molecule has 94 valence electrons. The van der Waals surface area contributed by atoms with E-state index in [9.17, 15) is 9.50 Å². The number of rotatable bonds is 1. The van der Waals surface area contributed by atoms with Crippen molar-refractivity contribution in [2.75, 3.05) is 0 Å². The fraction of sp³-hybridized carbons (Fsp3) is 0.600. The summed E-state index contributed by atoms with van der Waals surface area (Å²) in [6.07, 6.45) is 2.90. The third kappa shape index (κ3) is 2.23. The van der Waals surface area contributed by atoms with Crippen LogP contribution in [0.15, 0.2) is 18.2 Å². The van der Waals surface area contributed by atoms with E-state index in [1.54, 1.807) is 0 Å². The van der Waals surface area contributed by atoms with E-state index < -0.39 is 5.60 Å². The summed E-state index contributed by atoms with van der Waals surface area (Å²) in [6.45, 7) is 6.11. The summed E-state index contributed by atoms with van der Waals surface area (Å²) in [7, 11) is 0. The highest BCUT2D eigenvalue weighted by atomic mass is 19.1. The zero-order chi connectivity index (χ0) is 12.6. The number of halogens is 1. The molecule has 0 radical (unpaired) electrons. The average molecular weight is 236 g/mol. The van der Waals surface area contributed by atoms with Gasteiger partial charge in [-0.1, -0.05) is 26.3 Å². The van der Waals surface area contributed by atoms with Crippen LogP contribution in [0.2, 0.25) is 0 Å². The molecule has 0 bridgehead atoms. The zero-order valence-electron chi connectivity index (χ0n) is 10.8. The van der Waals surface area contributed by atoms with Crippen molar-refractivity contribution in [2.24, 2.45) is 11.8 Å². The van der Waals surface area contributed by atoms with E-state index in [1.165, 1.54) is 12.1 Å². The topological polar surface area (TPSA) is 20.2 Å². The van der Waals surface area contributed by atoms with Gasteiger partial charge in [-0.05, 0) is 54.9 Å². The third-order valence-corrected chi connectivity index (χ3v) is 4.37. The van der Waals surface area contributed by atoms with Crippen LogP contribution in [-0.2, 0) is 5.60 Å². The molecule has 0 amide bonds. The summed E-state index contributed by atoms with van der Waals surface area (Å²) in [5.74, 6) is 0.411. The van der Waals surface area contributed by atoms with E-state index in [0.717, 1.165) is 30.4 Å². The standard InChI is InChI=1S/C15H21FO/c1-10-7-13(9-14(16)8-10)15(17)6-4-5-11(2)12(15)3/h7-9,11-12,17H,4-6H2,1-3H3. The van der Waals surface area contributed by atoms with Gasteiger partial charge < -0.3 is 5.11 Å². The summed E-state index contributed by atoms with van der Waals surface area (Å²) in [5.41, 5.74) is 0.762. The zero-order valence-corrected chi connectivity index (χ0v) is 10.8. The van der Waals surface area contributed by atoms with Crippen LogP contribution in [0.5, 0.6) is 0 Å². The average Bonchev–Trinajstić information content (AvgIpc) is 2.24. The number of aliphatic hydroxyl groups is 1. The van der Waals surface area contributed by atoms with E-state index >= 15 is 0 Å². The maximum atomic E-state index is 13.5. The molecule has 0 aliphatic heterocycles. The minimum absolute atomic E-state index is 0.178. The molecule has 1 fully saturated rings. The minimum Gasteiger partial charge on any atom is -0.385 e. The molecule has 17 heavy (non-hydrogen) atoms. The molecule has 3 unspecified atom stereocenters. The molecule has 1 aromatic carbocycles. The lowest BCUT2D eigenvalue weighted by atomic mass is 9.67. The molecule has 2 rings (SSSR count). The van der Waals surface area contributed by atoms with Crippen molar-refractivity contribution in [3.8, 4) is 0 Å². The smallest absolute Gasteiger partial charge is 0.123 e. The molecular formula is C15H21FO. The molecule has 1 nitrogen and oxygen atoms in total.